The lowest BCUT2D eigenvalue weighted by atomic mass is 10.0. The second-order valence-corrected chi connectivity index (χ2v) is 6.66. The summed E-state index contributed by atoms with van der Waals surface area (Å²) in [6, 6.07) is 0. The Morgan fingerprint density at radius 3 is 2.23 bits per heavy atom. The van der Waals surface area contributed by atoms with Crippen LogP contribution in [-0.4, -0.2) is 34.0 Å². The molecule has 0 radical (unpaired) electrons. The number of rotatable bonds is 0. The van der Waals surface area contributed by atoms with E-state index in [0.29, 0.717) is 0 Å². The van der Waals surface area contributed by atoms with Gasteiger partial charge in [0.2, 0.25) is 0 Å². The molecular weight excluding hydrogens is 234 g/mol. The lowest BCUT2D eigenvalue weighted by Gasteiger charge is -2.44. The summed E-state index contributed by atoms with van der Waals surface area (Å²) in [6.45, 7) is 9.13. The highest BCUT2D eigenvalue weighted by molar-refractivity contribution is 9.10. The van der Waals surface area contributed by atoms with Gasteiger partial charge in [-0.1, -0.05) is 15.9 Å². The number of alkyl halides is 1. The normalized spacial score (nSPS) is 20.8. The van der Waals surface area contributed by atoms with Crippen LogP contribution in [0, 0.1) is 0 Å². The Hall–Kier alpha value is -0.250. The van der Waals surface area contributed by atoms with Crippen molar-refractivity contribution in [2.75, 3.05) is 13.1 Å². The van der Waals surface area contributed by atoms with Gasteiger partial charge in [0.15, 0.2) is 0 Å². The minimum atomic E-state index is -0.393. The Labute approximate surface area is 87.6 Å². The maximum Gasteiger partial charge on any atom is 0.410 e. The average Bonchev–Trinajstić information content (AvgIpc) is 1.77. The molecule has 0 aromatic rings. The van der Waals surface area contributed by atoms with Crippen LogP contribution in [0.15, 0.2) is 0 Å². The molecule has 3 nitrogen and oxygen atoms in total. The van der Waals surface area contributed by atoms with Crippen LogP contribution in [0.25, 0.3) is 0 Å². The molecule has 13 heavy (non-hydrogen) atoms. The molecule has 0 aliphatic carbocycles. The summed E-state index contributed by atoms with van der Waals surface area (Å²) in [5.41, 5.74) is -0.393. The van der Waals surface area contributed by atoms with Crippen LogP contribution in [0.5, 0.6) is 0 Å². The zero-order valence-electron chi connectivity index (χ0n) is 8.56. The van der Waals surface area contributed by atoms with Gasteiger partial charge in [0.05, 0.1) is 4.32 Å². The zero-order valence-corrected chi connectivity index (χ0v) is 10.1. The highest BCUT2D eigenvalue weighted by atomic mass is 79.9. The minimum absolute atomic E-state index is 0.0872. The summed E-state index contributed by atoms with van der Waals surface area (Å²) in [4.78, 5) is 13.1. The van der Waals surface area contributed by atoms with Gasteiger partial charge in [0.1, 0.15) is 5.60 Å². The summed E-state index contributed by atoms with van der Waals surface area (Å²) in [7, 11) is 0. The van der Waals surface area contributed by atoms with E-state index in [4.69, 9.17) is 4.74 Å². The summed E-state index contributed by atoms with van der Waals surface area (Å²) in [6.07, 6.45) is -0.218. The monoisotopic (exact) mass is 249 g/mol. The SMILES string of the molecule is CC1(Br)CN(C(=O)OC(C)(C)C)C1. The van der Waals surface area contributed by atoms with Crippen LogP contribution in [-0.2, 0) is 4.74 Å². The van der Waals surface area contributed by atoms with Crippen molar-refractivity contribution in [3.05, 3.63) is 0 Å². The zero-order chi connectivity index (χ0) is 10.3. The Morgan fingerprint density at radius 2 is 1.92 bits per heavy atom. The molecule has 1 aliphatic rings. The maximum absolute atomic E-state index is 11.4. The van der Waals surface area contributed by atoms with E-state index in [1.807, 2.05) is 20.8 Å². The summed E-state index contributed by atoms with van der Waals surface area (Å²) in [5, 5.41) is 0. The van der Waals surface area contributed by atoms with Gasteiger partial charge in [-0.15, -0.1) is 0 Å². The van der Waals surface area contributed by atoms with Gasteiger partial charge in [-0.25, -0.2) is 4.79 Å². The van der Waals surface area contributed by atoms with E-state index in [0.717, 1.165) is 13.1 Å². The van der Waals surface area contributed by atoms with Crippen molar-refractivity contribution in [3.63, 3.8) is 0 Å². The molecule has 0 N–H and O–H groups in total. The molecule has 1 heterocycles. The fourth-order valence-electron chi connectivity index (χ4n) is 1.21. The molecule has 76 valence electrons. The summed E-state index contributed by atoms with van der Waals surface area (Å²) in [5.74, 6) is 0. The van der Waals surface area contributed by atoms with E-state index in [9.17, 15) is 4.79 Å². The lowest BCUT2D eigenvalue weighted by molar-refractivity contribution is 0.00716. The third-order valence-electron chi connectivity index (χ3n) is 1.69. The first-order chi connectivity index (χ1) is 5.70. The molecular formula is C9H16BrNO2. The Morgan fingerprint density at radius 1 is 1.46 bits per heavy atom. The number of ether oxygens (including phenoxy) is 1. The third-order valence-corrected chi connectivity index (χ3v) is 2.19. The van der Waals surface area contributed by atoms with Crippen molar-refractivity contribution in [1.82, 2.24) is 4.90 Å². The maximum atomic E-state index is 11.4. The molecule has 0 atom stereocenters. The van der Waals surface area contributed by atoms with Gasteiger partial charge >= 0.3 is 6.09 Å². The van der Waals surface area contributed by atoms with Crippen molar-refractivity contribution in [2.45, 2.75) is 37.6 Å². The van der Waals surface area contributed by atoms with Crippen LogP contribution >= 0.6 is 15.9 Å². The Balaban J connectivity index is 2.36. The third kappa shape index (κ3) is 3.18. The summed E-state index contributed by atoms with van der Waals surface area (Å²) < 4.78 is 5.29. The van der Waals surface area contributed by atoms with Crippen molar-refractivity contribution >= 4 is 22.0 Å². The number of amides is 1. The van der Waals surface area contributed by atoms with Gasteiger partial charge in [-0.05, 0) is 27.7 Å². The van der Waals surface area contributed by atoms with Crippen LogP contribution < -0.4 is 0 Å². The van der Waals surface area contributed by atoms with Gasteiger partial charge < -0.3 is 9.64 Å². The largest absolute Gasteiger partial charge is 0.444 e. The molecule has 0 saturated carbocycles. The fourth-order valence-corrected chi connectivity index (χ4v) is 1.81. The van der Waals surface area contributed by atoms with E-state index in [2.05, 4.69) is 22.9 Å². The standard InChI is InChI=1S/C9H16BrNO2/c1-8(2,3)13-7(12)11-5-9(4,10)6-11/h5-6H2,1-4H3. The molecule has 4 heteroatoms. The van der Waals surface area contributed by atoms with Crippen LogP contribution in [0.3, 0.4) is 0 Å². The van der Waals surface area contributed by atoms with Gasteiger partial charge in [-0.2, -0.15) is 0 Å². The highest BCUT2D eigenvalue weighted by Crippen LogP contribution is 2.30. The van der Waals surface area contributed by atoms with Crippen molar-refractivity contribution in [2.24, 2.45) is 0 Å². The molecule has 0 spiro atoms. The van der Waals surface area contributed by atoms with Gasteiger partial charge in [0, 0.05) is 13.1 Å². The second-order valence-electron chi connectivity index (χ2n) is 4.75. The minimum Gasteiger partial charge on any atom is -0.444 e. The predicted molar refractivity (Wildman–Crippen MR) is 55.1 cm³/mol. The molecule has 1 aliphatic heterocycles. The molecule has 1 fully saturated rings. The van der Waals surface area contributed by atoms with Crippen molar-refractivity contribution in [3.8, 4) is 0 Å². The van der Waals surface area contributed by atoms with Crippen LogP contribution in [0.2, 0.25) is 0 Å². The van der Waals surface area contributed by atoms with E-state index in [1.165, 1.54) is 0 Å². The Kier molecular flexibility index (Phi) is 2.63. The molecule has 1 rings (SSSR count). The summed E-state index contributed by atoms with van der Waals surface area (Å²) >= 11 is 3.50. The van der Waals surface area contributed by atoms with Crippen molar-refractivity contribution < 1.29 is 9.53 Å². The highest BCUT2D eigenvalue weighted by Gasteiger charge is 2.40. The quantitative estimate of drug-likeness (QED) is 0.618. The number of hydrogen-bond acceptors (Lipinski definition) is 2. The number of halogens is 1. The molecule has 0 bridgehead atoms. The molecule has 0 unspecified atom stereocenters. The molecule has 1 saturated heterocycles. The first kappa shape index (κ1) is 10.8. The second kappa shape index (κ2) is 3.15. The fraction of sp³-hybridized carbons (Fsp3) is 0.889. The molecule has 0 aromatic heterocycles. The first-order valence-corrected chi connectivity index (χ1v) is 5.16. The van der Waals surface area contributed by atoms with E-state index < -0.39 is 5.60 Å². The van der Waals surface area contributed by atoms with Crippen LogP contribution in [0.1, 0.15) is 27.7 Å². The number of carbonyl (C=O) groups is 1. The Bertz CT molecular complexity index is 212. The lowest BCUT2D eigenvalue weighted by Crippen LogP contribution is -2.59. The first-order valence-electron chi connectivity index (χ1n) is 4.36. The number of likely N-dealkylation sites (tertiary alicyclic amines) is 1. The van der Waals surface area contributed by atoms with Crippen molar-refractivity contribution in [1.29, 1.82) is 0 Å². The predicted octanol–water partition coefficient (Wildman–Crippen LogP) is 2.39. The van der Waals surface area contributed by atoms with E-state index in [-0.39, 0.29) is 10.4 Å². The number of nitrogens with zero attached hydrogens (tertiary/aromatic N) is 1. The smallest absolute Gasteiger partial charge is 0.410 e. The van der Waals surface area contributed by atoms with Gasteiger partial charge in [-0.3, -0.25) is 0 Å². The van der Waals surface area contributed by atoms with E-state index >= 15 is 0 Å². The van der Waals surface area contributed by atoms with Gasteiger partial charge in [0.25, 0.3) is 0 Å². The number of carbonyl (C=O) groups excluding carboxylic acids is 1. The molecule has 1 amide bonds. The average molecular weight is 250 g/mol. The molecule has 0 aromatic carbocycles. The van der Waals surface area contributed by atoms with Crippen LogP contribution in [0.4, 0.5) is 4.79 Å². The van der Waals surface area contributed by atoms with E-state index in [1.54, 1.807) is 4.90 Å². The topological polar surface area (TPSA) is 29.5 Å². The number of hydrogen-bond donors (Lipinski definition) is 0.